The number of carbonyl (C=O) groups is 2. The molecule has 1 atom stereocenters. The summed E-state index contributed by atoms with van der Waals surface area (Å²) >= 11 is 0. The SMILES string of the molecule is CN(C)CC(C)(C)CNC(=O)C(N)CC(=O)O. The Labute approximate surface area is 102 Å². The molecule has 0 aliphatic heterocycles. The molecule has 1 unspecified atom stereocenters. The number of aliphatic carboxylic acids is 1. The van der Waals surface area contributed by atoms with E-state index >= 15 is 0 Å². The van der Waals surface area contributed by atoms with Gasteiger partial charge in [0.15, 0.2) is 0 Å². The number of carboxylic acid groups (broad SMARTS) is 1. The summed E-state index contributed by atoms with van der Waals surface area (Å²) in [7, 11) is 3.92. The van der Waals surface area contributed by atoms with Crippen LogP contribution in [-0.4, -0.2) is 55.1 Å². The van der Waals surface area contributed by atoms with Crippen LogP contribution in [0.2, 0.25) is 0 Å². The minimum absolute atomic E-state index is 0.0812. The molecular weight excluding hydrogens is 222 g/mol. The summed E-state index contributed by atoms with van der Waals surface area (Å²) in [6, 6.07) is -0.984. The molecule has 0 aromatic heterocycles. The van der Waals surface area contributed by atoms with Gasteiger partial charge in [0, 0.05) is 13.1 Å². The van der Waals surface area contributed by atoms with E-state index in [-0.39, 0.29) is 11.8 Å². The van der Waals surface area contributed by atoms with E-state index in [1.54, 1.807) is 0 Å². The maximum Gasteiger partial charge on any atom is 0.305 e. The average molecular weight is 245 g/mol. The fourth-order valence-corrected chi connectivity index (χ4v) is 1.65. The summed E-state index contributed by atoms with van der Waals surface area (Å²) < 4.78 is 0. The second-order valence-corrected chi connectivity index (χ2v) is 5.32. The van der Waals surface area contributed by atoms with Crippen LogP contribution >= 0.6 is 0 Å². The summed E-state index contributed by atoms with van der Waals surface area (Å²) in [4.78, 5) is 23.9. The van der Waals surface area contributed by atoms with Gasteiger partial charge in [-0.2, -0.15) is 0 Å². The van der Waals surface area contributed by atoms with Crippen LogP contribution in [0.25, 0.3) is 0 Å². The molecule has 100 valence electrons. The standard InChI is InChI=1S/C11H23N3O3/c1-11(2,7-14(3)4)6-13-10(17)8(12)5-9(15)16/h8H,5-7,12H2,1-4H3,(H,13,17)(H,15,16). The summed E-state index contributed by atoms with van der Waals surface area (Å²) in [6.45, 7) is 5.34. The Morgan fingerprint density at radius 3 is 2.35 bits per heavy atom. The smallest absolute Gasteiger partial charge is 0.305 e. The van der Waals surface area contributed by atoms with E-state index in [1.165, 1.54) is 0 Å². The highest BCUT2D eigenvalue weighted by molar-refractivity contribution is 5.85. The number of rotatable bonds is 7. The lowest BCUT2D eigenvalue weighted by Gasteiger charge is -2.28. The van der Waals surface area contributed by atoms with Crippen LogP contribution in [0.5, 0.6) is 0 Å². The zero-order chi connectivity index (χ0) is 13.6. The number of hydrogen-bond acceptors (Lipinski definition) is 4. The van der Waals surface area contributed by atoms with Crippen molar-refractivity contribution in [2.75, 3.05) is 27.2 Å². The van der Waals surface area contributed by atoms with Crippen molar-refractivity contribution in [1.29, 1.82) is 0 Å². The fourth-order valence-electron chi connectivity index (χ4n) is 1.65. The van der Waals surface area contributed by atoms with Gasteiger partial charge in [-0.1, -0.05) is 13.8 Å². The van der Waals surface area contributed by atoms with Crippen molar-refractivity contribution >= 4 is 11.9 Å². The third kappa shape index (κ3) is 7.70. The monoisotopic (exact) mass is 245 g/mol. The minimum Gasteiger partial charge on any atom is -0.481 e. The van der Waals surface area contributed by atoms with E-state index < -0.39 is 17.9 Å². The highest BCUT2D eigenvalue weighted by Gasteiger charge is 2.22. The Hall–Kier alpha value is -1.14. The molecule has 0 heterocycles. The van der Waals surface area contributed by atoms with E-state index in [4.69, 9.17) is 10.8 Å². The lowest BCUT2D eigenvalue weighted by atomic mass is 9.93. The number of amides is 1. The molecule has 6 heteroatoms. The van der Waals surface area contributed by atoms with Crippen LogP contribution in [0.15, 0.2) is 0 Å². The molecule has 17 heavy (non-hydrogen) atoms. The molecule has 0 aromatic carbocycles. The summed E-state index contributed by atoms with van der Waals surface area (Å²) in [6.07, 6.45) is -0.347. The highest BCUT2D eigenvalue weighted by Crippen LogP contribution is 2.14. The molecule has 0 saturated heterocycles. The Balaban J connectivity index is 4.10. The number of nitrogens with zero attached hydrogens (tertiary/aromatic N) is 1. The van der Waals surface area contributed by atoms with Gasteiger partial charge in [-0.25, -0.2) is 0 Å². The molecule has 6 nitrogen and oxygen atoms in total. The van der Waals surface area contributed by atoms with Crippen molar-refractivity contribution < 1.29 is 14.7 Å². The van der Waals surface area contributed by atoms with Crippen molar-refractivity contribution in [2.45, 2.75) is 26.3 Å². The lowest BCUT2D eigenvalue weighted by Crippen LogP contribution is -2.46. The topological polar surface area (TPSA) is 95.7 Å². The maximum absolute atomic E-state index is 11.5. The van der Waals surface area contributed by atoms with E-state index in [9.17, 15) is 9.59 Å². The average Bonchev–Trinajstić information content (AvgIpc) is 2.11. The molecule has 0 aliphatic carbocycles. The van der Waals surface area contributed by atoms with Crippen LogP contribution in [0, 0.1) is 5.41 Å². The van der Waals surface area contributed by atoms with Crippen LogP contribution in [0.1, 0.15) is 20.3 Å². The second-order valence-electron chi connectivity index (χ2n) is 5.32. The molecular formula is C11H23N3O3. The first-order valence-corrected chi connectivity index (χ1v) is 5.54. The molecule has 0 aromatic rings. The van der Waals surface area contributed by atoms with Gasteiger partial charge in [0.05, 0.1) is 12.5 Å². The van der Waals surface area contributed by atoms with Crippen LogP contribution in [-0.2, 0) is 9.59 Å². The predicted octanol–water partition coefficient (Wildman–Crippen LogP) is -0.508. The van der Waals surface area contributed by atoms with Gasteiger partial charge in [-0.3, -0.25) is 9.59 Å². The van der Waals surface area contributed by atoms with Crippen LogP contribution < -0.4 is 11.1 Å². The molecule has 0 bridgehead atoms. The van der Waals surface area contributed by atoms with E-state index in [1.807, 2.05) is 32.8 Å². The molecule has 1 amide bonds. The van der Waals surface area contributed by atoms with Gasteiger partial charge in [0.2, 0.25) is 5.91 Å². The van der Waals surface area contributed by atoms with Crippen molar-refractivity contribution in [3.05, 3.63) is 0 Å². The molecule has 0 radical (unpaired) electrons. The van der Waals surface area contributed by atoms with Crippen molar-refractivity contribution in [3.63, 3.8) is 0 Å². The molecule has 0 aliphatic rings. The summed E-state index contributed by atoms with van der Waals surface area (Å²) in [5.74, 6) is -1.49. The van der Waals surface area contributed by atoms with Gasteiger partial charge in [-0.15, -0.1) is 0 Å². The molecule has 0 rings (SSSR count). The van der Waals surface area contributed by atoms with Crippen molar-refractivity contribution in [2.24, 2.45) is 11.1 Å². The Kier molecular flexibility index (Phi) is 6.12. The van der Waals surface area contributed by atoms with Crippen LogP contribution in [0.3, 0.4) is 0 Å². The lowest BCUT2D eigenvalue weighted by molar-refractivity contribution is -0.139. The first-order valence-electron chi connectivity index (χ1n) is 5.54. The van der Waals surface area contributed by atoms with E-state index in [0.717, 1.165) is 6.54 Å². The molecule has 0 spiro atoms. The van der Waals surface area contributed by atoms with Crippen LogP contribution in [0.4, 0.5) is 0 Å². The van der Waals surface area contributed by atoms with Crippen molar-refractivity contribution in [3.8, 4) is 0 Å². The Morgan fingerprint density at radius 1 is 1.41 bits per heavy atom. The van der Waals surface area contributed by atoms with Gasteiger partial charge < -0.3 is 21.1 Å². The maximum atomic E-state index is 11.5. The number of hydrogen-bond donors (Lipinski definition) is 3. The number of nitrogens with one attached hydrogen (secondary N) is 1. The summed E-state index contributed by atoms with van der Waals surface area (Å²) in [5, 5.41) is 11.2. The number of carboxylic acids is 1. The predicted molar refractivity (Wildman–Crippen MR) is 65.6 cm³/mol. The Bertz CT molecular complexity index is 277. The van der Waals surface area contributed by atoms with Crippen molar-refractivity contribution in [1.82, 2.24) is 10.2 Å². The first-order chi connectivity index (χ1) is 7.64. The van der Waals surface area contributed by atoms with E-state index in [2.05, 4.69) is 5.32 Å². The Morgan fingerprint density at radius 2 is 1.94 bits per heavy atom. The molecule has 4 N–H and O–H groups in total. The third-order valence-corrected chi connectivity index (χ3v) is 2.22. The minimum atomic E-state index is -1.07. The zero-order valence-electron chi connectivity index (χ0n) is 11.0. The van der Waals surface area contributed by atoms with Gasteiger partial charge in [0.25, 0.3) is 0 Å². The first kappa shape index (κ1) is 15.9. The third-order valence-electron chi connectivity index (χ3n) is 2.22. The number of carbonyl (C=O) groups excluding carboxylic acids is 1. The molecule has 0 saturated carbocycles. The molecule has 0 fully saturated rings. The fraction of sp³-hybridized carbons (Fsp3) is 0.818. The second kappa shape index (κ2) is 6.56. The quantitative estimate of drug-likeness (QED) is 0.561. The summed E-state index contributed by atoms with van der Waals surface area (Å²) in [5.41, 5.74) is 5.36. The van der Waals surface area contributed by atoms with E-state index in [0.29, 0.717) is 6.54 Å². The largest absolute Gasteiger partial charge is 0.481 e. The van der Waals surface area contributed by atoms with Gasteiger partial charge in [0.1, 0.15) is 0 Å². The van der Waals surface area contributed by atoms with Gasteiger partial charge >= 0.3 is 5.97 Å². The highest BCUT2D eigenvalue weighted by atomic mass is 16.4. The number of nitrogens with two attached hydrogens (primary N) is 1. The normalized spacial score (nSPS) is 13.5. The zero-order valence-corrected chi connectivity index (χ0v) is 11.0. The van der Waals surface area contributed by atoms with Gasteiger partial charge in [-0.05, 0) is 19.5 Å².